The molecule has 0 spiro atoms. The molecule has 1 saturated carbocycles. The van der Waals surface area contributed by atoms with Crippen LogP contribution in [0.5, 0.6) is 0 Å². The van der Waals surface area contributed by atoms with Gasteiger partial charge in [0.1, 0.15) is 5.92 Å². The molecule has 0 radical (unpaired) electrons. The molecule has 15 heavy (non-hydrogen) atoms. The fraction of sp³-hybridized carbons (Fsp3) is 0.636. The Morgan fingerprint density at radius 3 is 2.73 bits per heavy atom. The summed E-state index contributed by atoms with van der Waals surface area (Å²) in [5.74, 6) is -1.10. The monoisotopic (exact) mass is 208 g/mol. The summed E-state index contributed by atoms with van der Waals surface area (Å²) in [6.07, 6.45) is 5.74. The molecule has 0 amide bonds. The molecule has 82 valence electrons. The lowest BCUT2D eigenvalue weighted by Crippen LogP contribution is -2.20. The van der Waals surface area contributed by atoms with Crippen LogP contribution in [0.2, 0.25) is 0 Å². The molecule has 0 aliphatic heterocycles. The van der Waals surface area contributed by atoms with Crippen molar-refractivity contribution < 1.29 is 9.90 Å². The molecule has 1 fully saturated rings. The molecule has 1 N–H and O–H groups in total. The number of carboxylic acids is 1. The van der Waals surface area contributed by atoms with Crippen molar-refractivity contribution in [2.24, 2.45) is 5.92 Å². The van der Waals surface area contributed by atoms with Crippen LogP contribution >= 0.6 is 0 Å². The second kappa shape index (κ2) is 3.68. The van der Waals surface area contributed by atoms with Crippen LogP contribution in [0.3, 0.4) is 0 Å². The third kappa shape index (κ3) is 1.89. The van der Waals surface area contributed by atoms with Gasteiger partial charge in [0.05, 0.1) is 12.0 Å². The summed E-state index contributed by atoms with van der Waals surface area (Å²) in [7, 11) is 0. The van der Waals surface area contributed by atoms with Crippen molar-refractivity contribution in [3.63, 3.8) is 0 Å². The smallest absolute Gasteiger partial charge is 0.312 e. The van der Waals surface area contributed by atoms with E-state index in [1.807, 2.05) is 18.4 Å². The van der Waals surface area contributed by atoms with Crippen LogP contribution in [-0.2, 0) is 4.79 Å². The van der Waals surface area contributed by atoms with Crippen LogP contribution < -0.4 is 0 Å². The molecular weight excluding hydrogens is 192 g/mol. The van der Waals surface area contributed by atoms with E-state index in [9.17, 15) is 9.90 Å². The Kier molecular flexibility index (Phi) is 2.50. The second-order valence-electron chi connectivity index (χ2n) is 4.52. The molecule has 4 heteroatoms. The van der Waals surface area contributed by atoms with E-state index >= 15 is 0 Å². The Hall–Kier alpha value is -1.32. The van der Waals surface area contributed by atoms with Crippen LogP contribution in [0, 0.1) is 5.92 Å². The zero-order valence-corrected chi connectivity index (χ0v) is 9.05. The maximum absolute atomic E-state index is 11.2. The number of aliphatic carboxylic acids is 1. The van der Waals surface area contributed by atoms with Crippen LogP contribution in [0.15, 0.2) is 12.5 Å². The minimum Gasteiger partial charge on any atom is -0.481 e. The first-order chi connectivity index (χ1) is 7.11. The summed E-state index contributed by atoms with van der Waals surface area (Å²) >= 11 is 0. The van der Waals surface area contributed by atoms with E-state index in [1.165, 1.54) is 0 Å². The molecule has 1 aromatic heterocycles. The van der Waals surface area contributed by atoms with E-state index in [0.29, 0.717) is 6.04 Å². The number of hydrogen-bond acceptors (Lipinski definition) is 2. The van der Waals surface area contributed by atoms with E-state index < -0.39 is 11.9 Å². The Labute approximate surface area is 88.9 Å². The molecule has 1 aromatic rings. The van der Waals surface area contributed by atoms with Crippen LogP contribution in [0.1, 0.15) is 44.3 Å². The molecule has 4 nitrogen and oxygen atoms in total. The lowest BCUT2D eigenvalue weighted by Gasteiger charge is -2.17. The summed E-state index contributed by atoms with van der Waals surface area (Å²) in [4.78, 5) is 15.3. The van der Waals surface area contributed by atoms with Gasteiger partial charge in [-0.25, -0.2) is 4.98 Å². The van der Waals surface area contributed by atoms with Crippen LogP contribution in [0.4, 0.5) is 0 Å². The van der Waals surface area contributed by atoms with Crippen LogP contribution in [-0.4, -0.2) is 20.6 Å². The quantitative estimate of drug-likeness (QED) is 0.823. The maximum atomic E-state index is 11.2. The molecule has 1 aliphatic rings. The Morgan fingerprint density at radius 1 is 1.60 bits per heavy atom. The zero-order chi connectivity index (χ0) is 11.0. The largest absolute Gasteiger partial charge is 0.481 e. The second-order valence-corrected chi connectivity index (χ2v) is 4.52. The first-order valence-corrected chi connectivity index (χ1v) is 5.35. The number of imidazole rings is 1. The average molecular weight is 208 g/mol. The highest BCUT2D eigenvalue weighted by atomic mass is 16.4. The van der Waals surface area contributed by atoms with Gasteiger partial charge in [-0.05, 0) is 18.8 Å². The van der Waals surface area contributed by atoms with Gasteiger partial charge >= 0.3 is 5.97 Å². The Balaban J connectivity index is 2.32. The summed E-state index contributed by atoms with van der Waals surface area (Å²) in [6.45, 7) is 3.87. The van der Waals surface area contributed by atoms with Crippen molar-refractivity contribution in [2.75, 3.05) is 0 Å². The zero-order valence-electron chi connectivity index (χ0n) is 9.05. The van der Waals surface area contributed by atoms with Gasteiger partial charge in [0.25, 0.3) is 0 Å². The standard InChI is InChI=1S/C11H16N2O2/c1-7(2)10(11(14)15)9-5-12-6-13(9)8-3-4-8/h5-8,10H,3-4H2,1-2H3,(H,14,15). The topological polar surface area (TPSA) is 55.1 Å². The van der Waals surface area contributed by atoms with Gasteiger partial charge in [0.15, 0.2) is 0 Å². The normalized spacial score (nSPS) is 18.1. The van der Waals surface area contributed by atoms with Gasteiger partial charge in [-0.3, -0.25) is 4.79 Å². The van der Waals surface area contributed by atoms with E-state index in [4.69, 9.17) is 0 Å². The van der Waals surface area contributed by atoms with E-state index in [-0.39, 0.29) is 5.92 Å². The highest BCUT2D eigenvalue weighted by Crippen LogP contribution is 2.38. The molecule has 0 bridgehead atoms. The Morgan fingerprint density at radius 2 is 2.27 bits per heavy atom. The highest BCUT2D eigenvalue weighted by Gasteiger charge is 2.32. The molecule has 1 atom stereocenters. The molecule has 1 unspecified atom stereocenters. The number of carbonyl (C=O) groups is 1. The number of rotatable bonds is 4. The number of aromatic nitrogens is 2. The van der Waals surface area contributed by atoms with Crippen molar-refractivity contribution in [1.29, 1.82) is 0 Å². The maximum Gasteiger partial charge on any atom is 0.312 e. The third-order valence-corrected chi connectivity index (χ3v) is 2.89. The summed E-state index contributed by atoms with van der Waals surface area (Å²) < 4.78 is 2.03. The minimum atomic E-state index is -0.757. The third-order valence-electron chi connectivity index (χ3n) is 2.89. The van der Waals surface area contributed by atoms with Gasteiger partial charge < -0.3 is 9.67 Å². The lowest BCUT2D eigenvalue weighted by molar-refractivity contribution is -0.140. The van der Waals surface area contributed by atoms with Crippen LogP contribution in [0.25, 0.3) is 0 Å². The number of carboxylic acid groups (broad SMARTS) is 1. The minimum absolute atomic E-state index is 0.0942. The first-order valence-electron chi connectivity index (χ1n) is 5.35. The molecule has 1 aliphatic carbocycles. The van der Waals surface area contributed by atoms with E-state index in [0.717, 1.165) is 18.5 Å². The average Bonchev–Trinajstić information content (AvgIpc) is 2.87. The lowest BCUT2D eigenvalue weighted by atomic mass is 9.93. The van der Waals surface area contributed by atoms with Crippen molar-refractivity contribution in [1.82, 2.24) is 9.55 Å². The van der Waals surface area contributed by atoms with E-state index in [1.54, 1.807) is 12.5 Å². The van der Waals surface area contributed by atoms with Crippen molar-refractivity contribution in [2.45, 2.75) is 38.6 Å². The molecule has 0 saturated heterocycles. The molecule has 2 rings (SSSR count). The van der Waals surface area contributed by atoms with Gasteiger partial charge in [-0.15, -0.1) is 0 Å². The predicted octanol–water partition coefficient (Wildman–Crippen LogP) is 2.04. The summed E-state index contributed by atoms with van der Waals surface area (Å²) in [5.41, 5.74) is 0.847. The van der Waals surface area contributed by atoms with Gasteiger partial charge in [-0.1, -0.05) is 13.8 Å². The molecule has 0 aromatic carbocycles. The number of hydrogen-bond donors (Lipinski definition) is 1. The molecular formula is C11H16N2O2. The van der Waals surface area contributed by atoms with Crippen molar-refractivity contribution in [3.05, 3.63) is 18.2 Å². The fourth-order valence-corrected chi connectivity index (χ4v) is 1.97. The van der Waals surface area contributed by atoms with Gasteiger partial charge in [0, 0.05) is 12.2 Å². The SMILES string of the molecule is CC(C)C(C(=O)O)c1cncn1C1CC1. The Bertz CT molecular complexity index is 366. The highest BCUT2D eigenvalue weighted by molar-refractivity contribution is 5.75. The van der Waals surface area contributed by atoms with Gasteiger partial charge in [0.2, 0.25) is 0 Å². The van der Waals surface area contributed by atoms with Crippen molar-refractivity contribution >= 4 is 5.97 Å². The van der Waals surface area contributed by atoms with Gasteiger partial charge in [-0.2, -0.15) is 0 Å². The summed E-state index contributed by atoms with van der Waals surface area (Å²) in [5, 5.41) is 9.20. The fourth-order valence-electron chi connectivity index (χ4n) is 1.97. The predicted molar refractivity (Wildman–Crippen MR) is 55.7 cm³/mol. The first kappa shape index (κ1) is 10.2. The van der Waals surface area contributed by atoms with Crippen molar-refractivity contribution in [3.8, 4) is 0 Å². The molecule has 1 heterocycles. The van der Waals surface area contributed by atoms with E-state index in [2.05, 4.69) is 4.98 Å². The summed E-state index contributed by atoms with van der Waals surface area (Å²) in [6, 6.07) is 0.489. The number of nitrogens with zero attached hydrogens (tertiary/aromatic N) is 2.